The van der Waals surface area contributed by atoms with E-state index in [-0.39, 0.29) is 17.9 Å². The number of nitrogens with one attached hydrogen (secondary N) is 4. The fourth-order valence-corrected chi connectivity index (χ4v) is 4.92. The molecule has 1 saturated carbocycles. The zero-order valence-electron chi connectivity index (χ0n) is 19.0. The lowest BCUT2D eigenvalue weighted by Gasteiger charge is -2.37. The summed E-state index contributed by atoms with van der Waals surface area (Å²) in [5.41, 5.74) is 9.79. The lowest BCUT2D eigenvalue weighted by atomic mass is 9.89. The minimum absolute atomic E-state index is 0.0244. The van der Waals surface area contributed by atoms with Crippen molar-refractivity contribution in [2.75, 3.05) is 22.2 Å². The van der Waals surface area contributed by atoms with Gasteiger partial charge in [-0.2, -0.15) is 9.97 Å². The highest BCUT2D eigenvalue weighted by Crippen LogP contribution is 2.44. The van der Waals surface area contributed by atoms with Crippen LogP contribution in [0.15, 0.2) is 60.7 Å². The highest BCUT2D eigenvalue weighted by molar-refractivity contribution is 5.83. The van der Waals surface area contributed by atoms with Gasteiger partial charge in [-0.05, 0) is 30.4 Å². The van der Waals surface area contributed by atoms with Gasteiger partial charge in [0.15, 0.2) is 5.82 Å². The van der Waals surface area contributed by atoms with Crippen LogP contribution in [0.5, 0.6) is 0 Å². The average Bonchev–Trinajstić information content (AvgIpc) is 3.27. The van der Waals surface area contributed by atoms with Crippen LogP contribution < -0.4 is 26.4 Å². The van der Waals surface area contributed by atoms with Gasteiger partial charge in [0.05, 0.1) is 17.5 Å². The number of rotatable bonds is 7. The summed E-state index contributed by atoms with van der Waals surface area (Å²) in [4.78, 5) is 25.3. The second-order valence-corrected chi connectivity index (χ2v) is 9.33. The van der Waals surface area contributed by atoms with Gasteiger partial charge in [0.25, 0.3) is 0 Å². The molecule has 0 spiro atoms. The highest BCUT2D eigenvalue weighted by atomic mass is 16.2. The minimum Gasteiger partial charge on any atom is -0.352 e. The molecule has 4 N–H and O–H groups in total. The maximum absolute atomic E-state index is 13.4. The van der Waals surface area contributed by atoms with Crippen molar-refractivity contribution in [2.24, 2.45) is 5.92 Å². The van der Waals surface area contributed by atoms with Crippen LogP contribution in [0.3, 0.4) is 0 Å². The van der Waals surface area contributed by atoms with Crippen LogP contribution in [-0.2, 0) is 17.9 Å². The number of carbonyl (C=O) groups excluding carboxylic acids is 1. The van der Waals surface area contributed by atoms with Crippen LogP contribution in [0.1, 0.15) is 42.0 Å². The molecular weight excluding hydrogens is 426 g/mol. The maximum atomic E-state index is 13.4. The lowest BCUT2D eigenvalue weighted by molar-refractivity contribution is -0.125. The van der Waals surface area contributed by atoms with E-state index in [4.69, 9.17) is 9.97 Å². The Bertz CT molecular complexity index is 1170. The molecule has 0 saturated heterocycles. The molecule has 1 aromatic heterocycles. The molecule has 8 nitrogen and oxygen atoms in total. The van der Waals surface area contributed by atoms with Crippen molar-refractivity contribution in [1.82, 2.24) is 20.7 Å². The summed E-state index contributed by atoms with van der Waals surface area (Å²) in [6.07, 6.45) is 3.56. The molecule has 1 fully saturated rings. The van der Waals surface area contributed by atoms with Gasteiger partial charge in [-0.25, -0.2) is 5.43 Å². The number of aromatic nitrogens is 2. The van der Waals surface area contributed by atoms with Gasteiger partial charge in [-0.1, -0.05) is 60.7 Å². The molecule has 3 heterocycles. The third-order valence-corrected chi connectivity index (χ3v) is 7.00. The Hall–Kier alpha value is -3.65. The summed E-state index contributed by atoms with van der Waals surface area (Å²) in [7, 11) is 0. The van der Waals surface area contributed by atoms with Crippen molar-refractivity contribution in [2.45, 2.75) is 44.4 Å². The molecule has 34 heavy (non-hydrogen) atoms. The van der Waals surface area contributed by atoms with Gasteiger partial charge in [0.2, 0.25) is 11.9 Å². The third kappa shape index (κ3) is 4.05. The van der Waals surface area contributed by atoms with E-state index in [1.54, 1.807) is 0 Å². The second kappa shape index (κ2) is 8.95. The van der Waals surface area contributed by atoms with Crippen LogP contribution in [0.2, 0.25) is 0 Å². The molecule has 3 aromatic rings. The van der Waals surface area contributed by atoms with Crippen molar-refractivity contribution in [3.63, 3.8) is 0 Å². The van der Waals surface area contributed by atoms with E-state index in [2.05, 4.69) is 38.5 Å². The predicted molar refractivity (Wildman–Crippen MR) is 132 cm³/mol. The summed E-state index contributed by atoms with van der Waals surface area (Å²) < 4.78 is 0. The van der Waals surface area contributed by atoms with E-state index in [9.17, 15) is 4.79 Å². The zero-order chi connectivity index (χ0) is 22.9. The number of hydrogen-bond acceptors (Lipinski definition) is 7. The van der Waals surface area contributed by atoms with E-state index < -0.39 is 0 Å². The first kappa shape index (κ1) is 20.9. The quantitative estimate of drug-likeness (QED) is 0.434. The molecule has 1 aliphatic carbocycles. The van der Waals surface area contributed by atoms with Gasteiger partial charge >= 0.3 is 0 Å². The Kier molecular flexibility index (Phi) is 5.50. The monoisotopic (exact) mass is 455 g/mol. The Balaban J connectivity index is 1.30. The summed E-state index contributed by atoms with van der Waals surface area (Å²) in [6, 6.07) is 20.6. The first-order valence-electron chi connectivity index (χ1n) is 12.0. The molecule has 2 aliphatic heterocycles. The smallest absolute Gasteiger partial charge is 0.227 e. The highest BCUT2D eigenvalue weighted by Gasteiger charge is 2.44. The van der Waals surface area contributed by atoms with Crippen molar-refractivity contribution in [1.29, 1.82) is 0 Å². The van der Waals surface area contributed by atoms with E-state index >= 15 is 0 Å². The van der Waals surface area contributed by atoms with Crippen molar-refractivity contribution in [3.8, 4) is 0 Å². The lowest BCUT2D eigenvalue weighted by Crippen LogP contribution is -2.48. The second-order valence-electron chi connectivity index (χ2n) is 9.33. The normalized spacial score (nSPS) is 20.8. The molecule has 2 atom stereocenters. The molecule has 2 aromatic carbocycles. The average molecular weight is 456 g/mol. The van der Waals surface area contributed by atoms with E-state index in [0.717, 1.165) is 35.6 Å². The van der Waals surface area contributed by atoms with Crippen molar-refractivity contribution >= 4 is 23.5 Å². The summed E-state index contributed by atoms with van der Waals surface area (Å²) in [6.45, 7) is 1.76. The topological polar surface area (TPSA) is 94.2 Å². The van der Waals surface area contributed by atoms with Gasteiger partial charge in [-0.15, -0.1) is 0 Å². The van der Waals surface area contributed by atoms with Crippen LogP contribution in [0.4, 0.5) is 17.6 Å². The molecule has 2 unspecified atom stereocenters. The molecule has 6 rings (SSSR count). The first-order chi connectivity index (χ1) is 16.7. The number of nitrogens with zero attached hydrogens (tertiary/aromatic N) is 3. The molecule has 0 radical (unpaired) electrons. The molecule has 0 bridgehead atoms. The number of anilines is 3. The van der Waals surface area contributed by atoms with Crippen molar-refractivity contribution in [3.05, 3.63) is 77.4 Å². The SMILES string of the molecule is O=C(NCc1ccccc1)C1CN(Cc2ccccc2)c2nc(NC3CCC3)nc3c2C1NN3. The number of carbonyl (C=O) groups is 1. The van der Waals surface area contributed by atoms with Crippen LogP contribution in [0, 0.1) is 5.92 Å². The number of hydrazine groups is 1. The van der Waals surface area contributed by atoms with Gasteiger partial charge in [-0.3, -0.25) is 4.79 Å². The predicted octanol–water partition coefficient (Wildman–Crippen LogP) is 3.37. The molecule has 3 aliphatic rings. The molecular formula is C26H29N7O. The standard InChI is InChI=1S/C26H29N7O/c34-25(27-14-17-8-3-1-4-9-17)20-16-33(15-18-10-5-2-6-11-18)24-21-22(20)31-32-23(21)29-26(30-24)28-19-12-7-13-19/h1-6,8-11,19-20,22,31H,7,12-16H2,(H,27,34)(H2,28,29,30,32). The first-order valence-corrected chi connectivity index (χ1v) is 12.0. The van der Waals surface area contributed by atoms with Crippen molar-refractivity contribution < 1.29 is 4.79 Å². The van der Waals surface area contributed by atoms with E-state index in [1.165, 1.54) is 12.0 Å². The van der Waals surface area contributed by atoms with Gasteiger partial charge < -0.3 is 21.0 Å². The number of amides is 1. The largest absolute Gasteiger partial charge is 0.352 e. The third-order valence-electron chi connectivity index (χ3n) is 7.00. The van der Waals surface area contributed by atoms with E-state index in [1.807, 2.05) is 48.5 Å². The summed E-state index contributed by atoms with van der Waals surface area (Å²) in [5.74, 6) is 2.05. The van der Waals surface area contributed by atoms with Crippen LogP contribution in [-0.4, -0.2) is 28.5 Å². The Labute approximate surface area is 199 Å². The van der Waals surface area contributed by atoms with Gasteiger partial charge in [0.1, 0.15) is 5.82 Å². The number of hydrogen-bond donors (Lipinski definition) is 4. The fourth-order valence-electron chi connectivity index (χ4n) is 4.92. The van der Waals surface area contributed by atoms with Crippen LogP contribution >= 0.6 is 0 Å². The minimum atomic E-state index is -0.275. The van der Waals surface area contributed by atoms with Gasteiger partial charge in [0, 0.05) is 25.7 Å². The maximum Gasteiger partial charge on any atom is 0.227 e. The summed E-state index contributed by atoms with van der Waals surface area (Å²) in [5, 5.41) is 6.62. The van der Waals surface area contributed by atoms with Crippen LogP contribution in [0.25, 0.3) is 0 Å². The number of benzene rings is 2. The molecule has 8 heteroatoms. The summed E-state index contributed by atoms with van der Waals surface area (Å²) >= 11 is 0. The molecule has 174 valence electrons. The van der Waals surface area contributed by atoms with E-state index in [0.29, 0.717) is 31.6 Å². The fraction of sp³-hybridized carbons (Fsp3) is 0.346. The zero-order valence-corrected chi connectivity index (χ0v) is 19.0. The Morgan fingerprint density at radius 2 is 1.74 bits per heavy atom. The Morgan fingerprint density at radius 1 is 1.00 bits per heavy atom. The molecule has 1 amide bonds. The Morgan fingerprint density at radius 3 is 2.44 bits per heavy atom.